The monoisotopic (exact) mass is 268 g/mol. The number of hydrogen-bond donors (Lipinski definition) is 0. The highest BCUT2D eigenvalue weighted by Crippen LogP contribution is 2.40. The maximum Gasteiger partial charge on any atom is 0.0187 e. The average Bonchev–Trinajstić information content (AvgIpc) is 2.37. The summed E-state index contributed by atoms with van der Waals surface area (Å²) in [5.74, 6) is 0.728. The van der Waals surface area contributed by atoms with Crippen LogP contribution in [0.25, 0.3) is 0 Å². The lowest BCUT2D eigenvalue weighted by Crippen LogP contribution is -2.51. The van der Waals surface area contributed by atoms with Crippen LogP contribution in [0.3, 0.4) is 0 Å². The lowest BCUT2D eigenvalue weighted by molar-refractivity contribution is 0.0288. The molecule has 2 atom stereocenters. The van der Waals surface area contributed by atoms with Crippen molar-refractivity contribution < 1.29 is 0 Å². The molecule has 1 fully saturated rings. The van der Waals surface area contributed by atoms with Crippen molar-refractivity contribution >= 4 is 0 Å². The van der Waals surface area contributed by atoms with E-state index in [1.54, 1.807) is 0 Å². The fraction of sp³-hybridized carbons (Fsp3) is 1.00. The van der Waals surface area contributed by atoms with Crippen LogP contribution in [0.5, 0.6) is 0 Å². The van der Waals surface area contributed by atoms with Crippen LogP contribution in [-0.4, -0.2) is 49.1 Å². The van der Waals surface area contributed by atoms with Crippen molar-refractivity contribution in [1.29, 1.82) is 0 Å². The Bertz CT molecular complexity index is 272. The third-order valence-corrected chi connectivity index (χ3v) is 4.62. The van der Waals surface area contributed by atoms with Crippen LogP contribution in [0.15, 0.2) is 0 Å². The Morgan fingerprint density at radius 3 is 1.95 bits per heavy atom. The second-order valence-electron chi connectivity index (χ2n) is 8.56. The molecule has 0 spiro atoms. The highest BCUT2D eigenvalue weighted by atomic mass is 15.2. The molecule has 1 rings (SSSR count). The van der Waals surface area contributed by atoms with Gasteiger partial charge in [-0.15, -0.1) is 0 Å². The first-order valence-electron chi connectivity index (χ1n) is 8.00. The molecule has 1 aliphatic rings. The molecule has 0 aromatic rings. The smallest absolute Gasteiger partial charge is 0.0187 e. The van der Waals surface area contributed by atoms with Gasteiger partial charge in [-0.2, -0.15) is 0 Å². The van der Waals surface area contributed by atoms with Crippen LogP contribution < -0.4 is 0 Å². The molecule has 2 nitrogen and oxygen atoms in total. The lowest BCUT2D eigenvalue weighted by atomic mass is 9.67. The van der Waals surface area contributed by atoms with E-state index in [4.69, 9.17) is 0 Å². The highest BCUT2D eigenvalue weighted by Gasteiger charge is 2.43. The van der Waals surface area contributed by atoms with Gasteiger partial charge in [-0.05, 0) is 36.8 Å². The molecule has 0 amide bonds. The van der Waals surface area contributed by atoms with E-state index in [1.165, 1.54) is 32.6 Å². The van der Waals surface area contributed by atoms with Gasteiger partial charge in [0, 0.05) is 25.7 Å². The van der Waals surface area contributed by atoms with Crippen molar-refractivity contribution in [2.45, 2.75) is 60.9 Å². The fourth-order valence-electron chi connectivity index (χ4n) is 3.75. The number of nitrogens with zero attached hydrogens (tertiary/aromatic N) is 2. The van der Waals surface area contributed by atoms with Crippen molar-refractivity contribution in [3.63, 3.8) is 0 Å². The molecule has 0 aliphatic carbocycles. The van der Waals surface area contributed by atoms with E-state index in [-0.39, 0.29) is 0 Å². The molecule has 2 unspecified atom stereocenters. The molecule has 1 heterocycles. The molecule has 0 aromatic carbocycles. The zero-order valence-corrected chi connectivity index (χ0v) is 14.6. The van der Waals surface area contributed by atoms with E-state index >= 15 is 0 Å². The Hall–Kier alpha value is -0.0800. The van der Waals surface area contributed by atoms with Crippen LogP contribution in [-0.2, 0) is 0 Å². The van der Waals surface area contributed by atoms with Crippen LogP contribution in [0.1, 0.15) is 54.9 Å². The first-order valence-corrected chi connectivity index (χ1v) is 8.00. The molecular weight excluding hydrogens is 232 g/mol. The predicted octanol–water partition coefficient (Wildman–Crippen LogP) is 3.72. The van der Waals surface area contributed by atoms with Crippen LogP contribution >= 0.6 is 0 Å². The Kier molecular flexibility index (Phi) is 5.48. The zero-order valence-electron chi connectivity index (χ0n) is 14.6. The molecule has 0 bridgehead atoms. The first-order chi connectivity index (χ1) is 8.57. The minimum absolute atomic E-state index is 0.342. The summed E-state index contributed by atoms with van der Waals surface area (Å²) in [5.41, 5.74) is 0.706. The van der Waals surface area contributed by atoms with Gasteiger partial charge in [-0.1, -0.05) is 48.5 Å². The standard InChI is InChI=1S/C17H36N2/c1-9-10-19-12-11-18(8)15(17(5,6)7)14(13-19)16(2,3)4/h14-15H,9-13H2,1-8H3. The molecule has 1 saturated heterocycles. The molecule has 1 aliphatic heterocycles. The third kappa shape index (κ3) is 4.46. The van der Waals surface area contributed by atoms with Crippen molar-refractivity contribution in [3.05, 3.63) is 0 Å². The van der Waals surface area contributed by atoms with Gasteiger partial charge in [-0.3, -0.25) is 0 Å². The molecular formula is C17H36N2. The average molecular weight is 268 g/mol. The van der Waals surface area contributed by atoms with Gasteiger partial charge in [0.25, 0.3) is 0 Å². The van der Waals surface area contributed by atoms with Crippen molar-refractivity contribution in [1.82, 2.24) is 9.80 Å². The minimum Gasteiger partial charge on any atom is -0.302 e. The van der Waals surface area contributed by atoms with Gasteiger partial charge in [0.2, 0.25) is 0 Å². The fourth-order valence-corrected chi connectivity index (χ4v) is 3.75. The minimum atomic E-state index is 0.342. The molecule has 0 N–H and O–H groups in total. The lowest BCUT2D eigenvalue weighted by Gasteiger charge is -2.47. The quantitative estimate of drug-likeness (QED) is 0.753. The predicted molar refractivity (Wildman–Crippen MR) is 85.5 cm³/mol. The highest BCUT2D eigenvalue weighted by molar-refractivity contribution is 4.96. The Morgan fingerprint density at radius 2 is 1.53 bits per heavy atom. The summed E-state index contributed by atoms with van der Waals surface area (Å²) in [6.07, 6.45) is 1.26. The zero-order chi connectivity index (χ0) is 14.8. The van der Waals surface area contributed by atoms with E-state index in [1.807, 2.05) is 0 Å². The molecule has 19 heavy (non-hydrogen) atoms. The summed E-state index contributed by atoms with van der Waals surface area (Å²) in [6, 6.07) is 0.661. The van der Waals surface area contributed by atoms with Crippen LogP contribution in [0.2, 0.25) is 0 Å². The molecule has 0 aromatic heterocycles. The Balaban J connectivity index is 3.04. The number of hydrogen-bond acceptors (Lipinski definition) is 2. The summed E-state index contributed by atoms with van der Waals surface area (Å²) in [4.78, 5) is 5.30. The topological polar surface area (TPSA) is 6.48 Å². The maximum atomic E-state index is 2.68. The van der Waals surface area contributed by atoms with Gasteiger partial charge in [0.1, 0.15) is 0 Å². The SMILES string of the molecule is CCCN1CCN(C)C(C(C)(C)C)C(C(C)(C)C)C1. The normalized spacial score (nSPS) is 28.4. The van der Waals surface area contributed by atoms with Crippen molar-refractivity contribution in [3.8, 4) is 0 Å². The number of likely N-dealkylation sites (N-methyl/N-ethyl adjacent to an activating group) is 1. The molecule has 114 valence electrons. The second kappa shape index (κ2) is 6.13. The number of rotatable bonds is 2. The molecule has 0 saturated carbocycles. The molecule has 0 radical (unpaired) electrons. The van der Waals surface area contributed by atoms with Gasteiger partial charge >= 0.3 is 0 Å². The van der Waals surface area contributed by atoms with Crippen LogP contribution in [0, 0.1) is 16.7 Å². The summed E-state index contributed by atoms with van der Waals surface area (Å²) in [6.45, 7) is 21.7. The summed E-state index contributed by atoms with van der Waals surface area (Å²) >= 11 is 0. The van der Waals surface area contributed by atoms with E-state index in [0.29, 0.717) is 16.9 Å². The van der Waals surface area contributed by atoms with E-state index in [9.17, 15) is 0 Å². The Labute approximate surface area is 121 Å². The second-order valence-corrected chi connectivity index (χ2v) is 8.56. The van der Waals surface area contributed by atoms with Gasteiger partial charge in [0.05, 0.1) is 0 Å². The van der Waals surface area contributed by atoms with Gasteiger partial charge in [0.15, 0.2) is 0 Å². The van der Waals surface area contributed by atoms with E-state index in [0.717, 1.165) is 5.92 Å². The van der Waals surface area contributed by atoms with Gasteiger partial charge in [-0.25, -0.2) is 0 Å². The van der Waals surface area contributed by atoms with Crippen LogP contribution in [0.4, 0.5) is 0 Å². The van der Waals surface area contributed by atoms with Crippen molar-refractivity contribution in [2.75, 3.05) is 33.2 Å². The molecule has 2 heteroatoms. The summed E-state index contributed by atoms with van der Waals surface area (Å²) < 4.78 is 0. The maximum absolute atomic E-state index is 2.68. The Morgan fingerprint density at radius 1 is 0.947 bits per heavy atom. The van der Waals surface area contributed by atoms with E-state index in [2.05, 4.69) is 65.3 Å². The van der Waals surface area contributed by atoms with Gasteiger partial charge < -0.3 is 9.80 Å². The summed E-state index contributed by atoms with van der Waals surface area (Å²) in [7, 11) is 2.32. The first kappa shape index (κ1) is 17.0. The van der Waals surface area contributed by atoms with E-state index < -0.39 is 0 Å². The largest absolute Gasteiger partial charge is 0.302 e. The third-order valence-electron chi connectivity index (χ3n) is 4.62. The summed E-state index contributed by atoms with van der Waals surface area (Å²) in [5, 5.41) is 0. The van der Waals surface area contributed by atoms with Crippen molar-refractivity contribution in [2.24, 2.45) is 16.7 Å².